The van der Waals surface area contributed by atoms with E-state index in [9.17, 15) is 13.2 Å². The Balaban J connectivity index is 1.38. The second kappa shape index (κ2) is 8.39. The van der Waals surface area contributed by atoms with Crippen molar-refractivity contribution in [2.75, 3.05) is 17.3 Å². The molecule has 3 heterocycles. The molecule has 10 heteroatoms. The van der Waals surface area contributed by atoms with Gasteiger partial charge in [-0.2, -0.15) is 0 Å². The van der Waals surface area contributed by atoms with E-state index >= 15 is 0 Å². The molecule has 1 aliphatic heterocycles. The Hall–Kier alpha value is -1.39. The van der Waals surface area contributed by atoms with E-state index in [1.54, 1.807) is 11.3 Å². The average Bonchev–Trinajstić information content (AvgIpc) is 3.35. The number of aryl methyl sites for hydroxylation is 1. The van der Waals surface area contributed by atoms with Crippen LogP contribution in [0.5, 0.6) is 0 Å². The van der Waals surface area contributed by atoms with E-state index in [1.165, 1.54) is 35.0 Å². The van der Waals surface area contributed by atoms with Crippen molar-refractivity contribution in [3.8, 4) is 10.7 Å². The molecule has 4 rings (SSSR count). The summed E-state index contributed by atoms with van der Waals surface area (Å²) in [6, 6.07) is 1.99. The molecule has 0 aromatic carbocycles. The summed E-state index contributed by atoms with van der Waals surface area (Å²) in [5.41, 5.74) is 1.45. The van der Waals surface area contributed by atoms with Crippen LogP contribution in [0.15, 0.2) is 11.2 Å². The van der Waals surface area contributed by atoms with E-state index in [0.717, 1.165) is 29.5 Å². The lowest BCUT2D eigenvalue weighted by Crippen LogP contribution is -2.36. The number of carbonyl (C=O) groups excluding carboxylic acids is 1. The number of aromatic nitrogens is 3. The van der Waals surface area contributed by atoms with Gasteiger partial charge in [0.25, 0.3) is 0 Å². The van der Waals surface area contributed by atoms with Gasteiger partial charge in [0.15, 0.2) is 20.8 Å². The first kappa shape index (κ1) is 20.9. The number of nitrogens with zero attached hydrogens (tertiary/aromatic N) is 3. The number of sulfone groups is 1. The van der Waals surface area contributed by atoms with E-state index in [2.05, 4.69) is 28.5 Å². The van der Waals surface area contributed by atoms with E-state index in [-0.39, 0.29) is 29.2 Å². The first-order valence-electron chi connectivity index (χ1n) is 9.98. The number of nitrogens with one attached hydrogen (secondary N) is 1. The topological polar surface area (TPSA) is 94.0 Å². The van der Waals surface area contributed by atoms with Crippen LogP contribution in [-0.2, 0) is 34.5 Å². The third-order valence-electron chi connectivity index (χ3n) is 5.75. The number of fused-ring (bicyclic) bond motifs is 1. The molecule has 0 saturated carbocycles. The molecule has 2 aromatic rings. The lowest BCUT2D eigenvalue weighted by molar-refractivity contribution is -0.119. The van der Waals surface area contributed by atoms with Gasteiger partial charge in [0.05, 0.1) is 22.1 Å². The maximum Gasteiger partial charge on any atom is 0.230 e. The van der Waals surface area contributed by atoms with Crippen LogP contribution in [0.1, 0.15) is 36.6 Å². The lowest BCUT2D eigenvalue weighted by atomic mass is 9.87. The van der Waals surface area contributed by atoms with Gasteiger partial charge in [-0.1, -0.05) is 25.1 Å². The Labute approximate surface area is 179 Å². The first-order chi connectivity index (χ1) is 13.8. The molecule has 1 N–H and O–H groups in total. The SMILES string of the molecule is CC[C@@H]1CCc2sc(-c3nnc(SCC(=O)N[C@H]4CCS(=O)(=O)C4)n3C)cc2C1. The van der Waals surface area contributed by atoms with Crippen molar-refractivity contribution in [3.05, 3.63) is 16.5 Å². The predicted molar refractivity (Wildman–Crippen MR) is 116 cm³/mol. The molecule has 1 saturated heterocycles. The summed E-state index contributed by atoms with van der Waals surface area (Å²) in [5.74, 6) is 1.84. The summed E-state index contributed by atoms with van der Waals surface area (Å²) in [6.07, 6.45) is 5.29. The molecular formula is C19H26N4O3S3. The van der Waals surface area contributed by atoms with Gasteiger partial charge in [0.1, 0.15) is 0 Å². The third kappa shape index (κ3) is 4.69. The molecule has 0 radical (unpaired) electrons. The van der Waals surface area contributed by atoms with Crippen molar-refractivity contribution in [1.29, 1.82) is 0 Å². The second-order valence-corrected chi connectivity index (χ2v) is 12.2. The monoisotopic (exact) mass is 454 g/mol. The standard InChI is InChI=1S/C19H26N4O3S3/c1-3-12-4-5-15-13(8-12)9-16(28-15)18-21-22-19(23(18)2)27-10-17(24)20-14-6-7-29(25,26)11-14/h9,12,14H,3-8,10-11H2,1-2H3,(H,20,24)/t12-,14+/m1/s1. The fourth-order valence-electron chi connectivity index (χ4n) is 4.02. The summed E-state index contributed by atoms with van der Waals surface area (Å²) in [5, 5.41) is 12.1. The van der Waals surface area contributed by atoms with Crippen LogP contribution in [0.25, 0.3) is 10.7 Å². The fraction of sp³-hybridized carbons (Fsp3) is 0.632. The zero-order valence-corrected chi connectivity index (χ0v) is 19.1. The van der Waals surface area contributed by atoms with E-state index < -0.39 is 9.84 Å². The number of carbonyl (C=O) groups is 1. The van der Waals surface area contributed by atoms with Crippen molar-refractivity contribution >= 4 is 38.8 Å². The van der Waals surface area contributed by atoms with Crippen molar-refractivity contribution in [1.82, 2.24) is 20.1 Å². The summed E-state index contributed by atoms with van der Waals surface area (Å²) in [4.78, 5) is 14.8. The van der Waals surface area contributed by atoms with Gasteiger partial charge in [-0.15, -0.1) is 21.5 Å². The van der Waals surface area contributed by atoms with Gasteiger partial charge in [-0.3, -0.25) is 4.79 Å². The van der Waals surface area contributed by atoms with Crippen molar-refractivity contribution in [2.45, 2.75) is 50.2 Å². The molecule has 1 aliphatic carbocycles. The zero-order chi connectivity index (χ0) is 20.6. The highest BCUT2D eigenvalue weighted by Gasteiger charge is 2.29. The zero-order valence-electron chi connectivity index (χ0n) is 16.7. The number of hydrogen-bond donors (Lipinski definition) is 1. The Kier molecular flexibility index (Phi) is 6.04. The Morgan fingerprint density at radius 2 is 2.21 bits per heavy atom. The normalized spacial score (nSPS) is 23.1. The lowest BCUT2D eigenvalue weighted by Gasteiger charge is -2.19. The molecule has 29 heavy (non-hydrogen) atoms. The Bertz CT molecular complexity index is 1010. The maximum atomic E-state index is 12.2. The van der Waals surface area contributed by atoms with Crippen LogP contribution in [-0.4, -0.2) is 52.4 Å². The fourth-order valence-corrected chi connectivity index (χ4v) is 7.65. The summed E-state index contributed by atoms with van der Waals surface area (Å²) in [6.45, 7) is 2.26. The number of rotatable bonds is 6. The van der Waals surface area contributed by atoms with Gasteiger partial charge >= 0.3 is 0 Å². The van der Waals surface area contributed by atoms with Gasteiger partial charge in [-0.05, 0) is 43.2 Å². The van der Waals surface area contributed by atoms with Crippen molar-refractivity contribution < 1.29 is 13.2 Å². The van der Waals surface area contributed by atoms with Gasteiger partial charge in [-0.25, -0.2) is 8.42 Å². The summed E-state index contributed by atoms with van der Waals surface area (Å²) in [7, 11) is -1.07. The predicted octanol–water partition coefficient (Wildman–Crippen LogP) is 2.45. The molecule has 158 valence electrons. The molecular weight excluding hydrogens is 428 g/mol. The van der Waals surface area contributed by atoms with Crippen LogP contribution in [0, 0.1) is 5.92 Å². The van der Waals surface area contributed by atoms with E-state index in [0.29, 0.717) is 11.6 Å². The minimum Gasteiger partial charge on any atom is -0.352 e. The summed E-state index contributed by atoms with van der Waals surface area (Å²) >= 11 is 3.13. The molecule has 2 aromatic heterocycles. The van der Waals surface area contributed by atoms with Crippen LogP contribution in [0.3, 0.4) is 0 Å². The molecule has 7 nitrogen and oxygen atoms in total. The average molecular weight is 455 g/mol. The Morgan fingerprint density at radius 3 is 2.93 bits per heavy atom. The van der Waals surface area contributed by atoms with E-state index in [1.807, 2.05) is 11.6 Å². The van der Waals surface area contributed by atoms with Crippen LogP contribution in [0.4, 0.5) is 0 Å². The molecule has 2 atom stereocenters. The number of thioether (sulfide) groups is 1. The molecule has 0 unspecified atom stereocenters. The van der Waals surface area contributed by atoms with Crippen LogP contribution in [0.2, 0.25) is 0 Å². The number of hydrogen-bond acceptors (Lipinski definition) is 7. The van der Waals surface area contributed by atoms with Crippen LogP contribution < -0.4 is 5.32 Å². The number of thiophene rings is 1. The molecule has 2 aliphatic rings. The molecule has 0 bridgehead atoms. The van der Waals surface area contributed by atoms with E-state index in [4.69, 9.17) is 0 Å². The van der Waals surface area contributed by atoms with Gasteiger partial charge in [0.2, 0.25) is 5.91 Å². The minimum absolute atomic E-state index is 0.0411. The van der Waals surface area contributed by atoms with Crippen molar-refractivity contribution in [3.63, 3.8) is 0 Å². The highest BCUT2D eigenvalue weighted by molar-refractivity contribution is 7.99. The Morgan fingerprint density at radius 1 is 1.38 bits per heavy atom. The minimum atomic E-state index is -3.00. The second-order valence-electron chi connectivity index (χ2n) is 7.90. The largest absolute Gasteiger partial charge is 0.352 e. The highest BCUT2D eigenvalue weighted by atomic mass is 32.2. The first-order valence-corrected chi connectivity index (χ1v) is 13.6. The molecule has 0 spiro atoms. The third-order valence-corrected chi connectivity index (χ3v) is 9.77. The van der Waals surface area contributed by atoms with Gasteiger partial charge in [0, 0.05) is 18.0 Å². The van der Waals surface area contributed by atoms with Gasteiger partial charge < -0.3 is 9.88 Å². The smallest absolute Gasteiger partial charge is 0.230 e. The summed E-state index contributed by atoms with van der Waals surface area (Å²) < 4.78 is 25.0. The highest BCUT2D eigenvalue weighted by Crippen LogP contribution is 2.38. The maximum absolute atomic E-state index is 12.2. The van der Waals surface area contributed by atoms with Crippen molar-refractivity contribution in [2.24, 2.45) is 13.0 Å². The molecule has 1 amide bonds. The quantitative estimate of drug-likeness (QED) is 0.674. The number of amides is 1. The van der Waals surface area contributed by atoms with Crippen LogP contribution >= 0.6 is 23.1 Å². The molecule has 1 fully saturated rings.